The third kappa shape index (κ3) is 4.53. The molecule has 114 valence electrons. The molecule has 0 saturated heterocycles. The average Bonchev–Trinajstić information content (AvgIpc) is 2.55. The normalized spacial score (nSPS) is 11.7. The van der Waals surface area contributed by atoms with Crippen molar-refractivity contribution in [2.24, 2.45) is 0 Å². The van der Waals surface area contributed by atoms with E-state index in [4.69, 9.17) is 0 Å². The number of Topliss-reactive ketones (excluding diaryl/α,β-unsaturated/α-hetero) is 1. The van der Waals surface area contributed by atoms with Crippen molar-refractivity contribution < 1.29 is 9.59 Å². The number of hydrogen-bond donors (Lipinski definition) is 1. The quantitative estimate of drug-likeness (QED) is 0.784. The minimum Gasteiger partial charge on any atom is -0.349 e. The van der Waals surface area contributed by atoms with Crippen LogP contribution in [0.2, 0.25) is 0 Å². The summed E-state index contributed by atoms with van der Waals surface area (Å²) < 4.78 is 0.938. The van der Waals surface area contributed by atoms with Crippen molar-refractivity contribution in [2.75, 3.05) is 0 Å². The van der Waals surface area contributed by atoms with Crippen molar-refractivity contribution in [3.8, 4) is 0 Å². The van der Waals surface area contributed by atoms with Crippen molar-refractivity contribution in [1.82, 2.24) is 5.32 Å². The zero-order valence-corrected chi connectivity index (χ0v) is 14.0. The maximum Gasteiger partial charge on any atom is 0.251 e. The Morgan fingerprint density at radius 3 is 2.23 bits per heavy atom. The summed E-state index contributed by atoms with van der Waals surface area (Å²) in [4.78, 5) is 24.4. The van der Waals surface area contributed by atoms with E-state index in [2.05, 4.69) is 21.2 Å². The van der Waals surface area contributed by atoms with Crippen LogP contribution >= 0.6 is 15.9 Å². The number of rotatable bonds is 6. The number of halogens is 1. The van der Waals surface area contributed by atoms with Gasteiger partial charge in [0.1, 0.15) is 0 Å². The number of benzene rings is 2. The van der Waals surface area contributed by atoms with Crippen LogP contribution in [-0.4, -0.2) is 17.7 Å². The zero-order chi connectivity index (χ0) is 15.9. The van der Waals surface area contributed by atoms with Crippen molar-refractivity contribution in [1.29, 1.82) is 0 Å². The predicted octanol–water partition coefficient (Wildman–Crippen LogP) is 4.23. The molecular weight excluding hydrogens is 342 g/mol. The van der Waals surface area contributed by atoms with Gasteiger partial charge in [-0.3, -0.25) is 9.59 Å². The summed E-state index contributed by atoms with van der Waals surface area (Å²) >= 11 is 3.35. The molecule has 4 heteroatoms. The van der Waals surface area contributed by atoms with Gasteiger partial charge < -0.3 is 5.32 Å². The van der Waals surface area contributed by atoms with E-state index < -0.39 is 0 Å². The Hall–Kier alpha value is -1.94. The molecule has 0 aliphatic rings. The lowest BCUT2D eigenvalue weighted by molar-refractivity contribution is 0.0911. The fraction of sp³-hybridized carbons (Fsp3) is 0.222. The van der Waals surface area contributed by atoms with Crippen LogP contribution in [0.4, 0.5) is 0 Å². The molecule has 2 aromatic rings. The highest BCUT2D eigenvalue weighted by molar-refractivity contribution is 9.10. The Kier molecular flexibility index (Phi) is 5.90. The van der Waals surface area contributed by atoms with E-state index in [-0.39, 0.29) is 17.7 Å². The Morgan fingerprint density at radius 2 is 1.64 bits per heavy atom. The standard InChI is InChI=1S/C18H18BrNO2/c1-2-16(20-18(22)14-6-4-3-5-7-14)12-17(21)13-8-10-15(19)11-9-13/h3-11,16H,2,12H2,1H3,(H,20,22). The topological polar surface area (TPSA) is 46.2 Å². The number of amides is 1. The lowest BCUT2D eigenvalue weighted by Gasteiger charge is -2.16. The van der Waals surface area contributed by atoms with Crippen LogP contribution in [0, 0.1) is 0 Å². The van der Waals surface area contributed by atoms with E-state index in [1.54, 1.807) is 24.3 Å². The first kappa shape index (κ1) is 16.4. The van der Waals surface area contributed by atoms with Gasteiger partial charge in [-0.15, -0.1) is 0 Å². The molecule has 0 aromatic heterocycles. The fourth-order valence-electron chi connectivity index (χ4n) is 2.13. The first-order chi connectivity index (χ1) is 10.6. The second-order valence-electron chi connectivity index (χ2n) is 5.08. The molecule has 0 radical (unpaired) electrons. The van der Waals surface area contributed by atoms with Crippen molar-refractivity contribution in [2.45, 2.75) is 25.8 Å². The van der Waals surface area contributed by atoms with Crippen LogP contribution in [0.5, 0.6) is 0 Å². The zero-order valence-electron chi connectivity index (χ0n) is 12.4. The highest BCUT2D eigenvalue weighted by Crippen LogP contribution is 2.13. The van der Waals surface area contributed by atoms with E-state index in [0.29, 0.717) is 24.0 Å². The van der Waals surface area contributed by atoms with Gasteiger partial charge in [-0.05, 0) is 30.7 Å². The summed E-state index contributed by atoms with van der Waals surface area (Å²) in [5.41, 5.74) is 1.27. The molecule has 3 nitrogen and oxygen atoms in total. The Balaban J connectivity index is 1.98. The number of carbonyl (C=O) groups excluding carboxylic acids is 2. The van der Waals surface area contributed by atoms with Crippen LogP contribution in [0.3, 0.4) is 0 Å². The molecule has 0 aliphatic heterocycles. The van der Waals surface area contributed by atoms with Gasteiger partial charge in [-0.2, -0.15) is 0 Å². The summed E-state index contributed by atoms with van der Waals surface area (Å²) in [5, 5.41) is 2.93. The first-order valence-corrected chi connectivity index (χ1v) is 8.04. The molecular formula is C18H18BrNO2. The summed E-state index contributed by atoms with van der Waals surface area (Å²) in [6.07, 6.45) is 1.01. The summed E-state index contributed by atoms with van der Waals surface area (Å²) in [5.74, 6) is -0.108. The second kappa shape index (κ2) is 7.90. The van der Waals surface area contributed by atoms with E-state index in [1.807, 2.05) is 37.3 Å². The van der Waals surface area contributed by atoms with Gasteiger partial charge >= 0.3 is 0 Å². The molecule has 1 atom stereocenters. The molecule has 1 amide bonds. The third-order valence-corrected chi connectivity index (χ3v) is 3.99. The molecule has 0 fully saturated rings. The van der Waals surface area contributed by atoms with E-state index in [9.17, 15) is 9.59 Å². The maximum atomic E-state index is 12.3. The summed E-state index contributed by atoms with van der Waals surface area (Å²) in [7, 11) is 0. The third-order valence-electron chi connectivity index (χ3n) is 3.46. The lowest BCUT2D eigenvalue weighted by atomic mass is 10.0. The molecule has 0 aliphatic carbocycles. The fourth-order valence-corrected chi connectivity index (χ4v) is 2.40. The Labute approximate surface area is 138 Å². The van der Waals surface area contributed by atoms with E-state index in [1.165, 1.54) is 0 Å². The molecule has 0 heterocycles. The predicted molar refractivity (Wildman–Crippen MR) is 91.1 cm³/mol. The average molecular weight is 360 g/mol. The van der Waals surface area contributed by atoms with Crippen molar-refractivity contribution in [3.05, 3.63) is 70.2 Å². The monoisotopic (exact) mass is 359 g/mol. The van der Waals surface area contributed by atoms with E-state index >= 15 is 0 Å². The van der Waals surface area contributed by atoms with Gasteiger partial charge in [-0.1, -0.05) is 53.2 Å². The Morgan fingerprint density at radius 1 is 1.00 bits per heavy atom. The molecule has 0 spiro atoms. The van der Waals surface area contributed by atoms with Gasteiger partial charge in [0, 0.05) is 28.1 Å². The van der Waals surface area contributed by atoms with E-state index in [0.717, 1.165) is 4.47 Å². The molecule has 2 rings (SSSR count). The van der Waals surface area contributed by atoms with Crippen LogP contribution in [0.25, 0.3) is 0 Å². The van der Waals surface area contributed by atoms with Crippen LogP contribution in [0.1, 0.15) is 40.5 Å². The lowest BCUT2D eigenvalue weighted by Crippen LogP contribution is -2.36. The van der Waals surface area contributed by atoms with Gasteiger partial charge in [0.05, 0.1) is 0 Å². The molecule has 0 bridgehead atoms. The highest BCUT2D eigenvalue weighted by atomic mass is 79.9. The smallest absolute Gasteiger partial charge is 0.251 e. The summed E-state index contributed by atoms with van der Waals surface area (Å²) in [6, 6.07) is 16.1. The molecule has 1 N–H and O–H groups in total. The van der Waals surface area contributed by atoms with Crippen molar-refractivity contribution >= 4 is 27.6 Å². The minimum atomic E-state index is -0.163. The molecule has 1 unspecified atom stereocenters. The van der Waals surface area contributed by atoms with Gasteiger partial charge in [-0.25, -0.2) is 0 Å². The number of hydrogen-bond acceptors (Lipinski definition) is 2. The van der Waals surface area contributed by atoms with Crippen LogP contribution < -0.4 is 5.32 Å². The largest absolute Gasteiger partial charge is 0.349 e. The van der Waals surface area contributed by atoms with Crippen LogP contribution in [0.15, 0.2) is 59.1 Å². The number of carbonyl (C=O) groups is 2. The molecule has 0 saturated carbocycles. The van der Waals surface area contributed by atoms with Crippen molar-refractivity contribution in [3.63, 3.8) is 0 Å². The Bertz CT molecular complexity index is 638. The second-order valence-corrected chi connectivity index (χ2v) is 5.99. The summed E-state index contributed by atoms with van der Waals surface area (Å²) in [6.45, 7) is 1.96. The van der Waals surface area contributed by atoms with Gasteiger partial charge in [0.25, 0.3) is 5.91 Å². The molecule has 2 aromatic carbocycles. The first-order valence-electron chi connectivity index (χ1n) is 7.25. The van der Waals surface area contributed by atoms with Gasteiger partial charge in [0.2, 0.25) is 0 Å². The van der Waals surface area contributed by atoms with Crippen LogP contribution in [-0.2, 0) is 0 Å². The molecule has 22 heavy (non-hydrogen) atoms. The highest BCUT2D eigenvalue weighted by Gasteiger charge is 2.16. The SMILES string of the molecule is CCC(CC(=O)c1ccc(Br)cc1)NC(=O)c1ccccc1. The minimum absolute atomic E-state index is 0.0349. The van der Waals surface area contributed by atoms with Gasteiger partial charge in [0.15, 0.2) is 5.78 Å². The maximum absolute atomic E-state index is 12.3. The number of nitrogens with one attached hydrogen (secondary N) is 1. The number of ketones is 1.